The van der Waals surface area contributed by atoms with Crippen molar-refractivity contribution in [3.05, 3.63) is 24.3 Å². The first kappa shape index (κ1) is 13.7. The van der Waals surface area contributed by atoms with Gasteiger partial charge in [-0.25, -0.2) is 8.42 Å². The number of carbonyl (C=O) groups excluding carboxylic acids is 1. The van der Waals surface area contributed by atoms with Gasteiger partial charge in [-0.1, -0.05) is 0 Å². The summed E-state index contributed by atoms with van der Waals surface area (Å²) in [6.45, 7) is 0.546. The van der Waals surface area contributed by atoms with E-state index in [1.165, 1.54) is 12.1 Å². The minimum atomic E-state index is -3.73. The molecular formula is C10H11ClNO4PS. The molecule has 0 radical (unpaired) electrons. The molecule has 1 fully saturated rings. The van der Waals surface area contributed by atoms with Gasteiger partial charge in [0.1, 0.15) is 6.10 Å². The summed E-state index contributed by atoms with van der Waals surface area (Å²) < 4.78 is 27.1. The number of hydrogen-bond acceptors (Lipinski definition) is 4. The second-order valence-electron chi connectivity index (χ2n) is 3.84. The zero-order chi connectivity index (χ0) is 13.3. The molecule has 2 rings (SSSR count). The highest BCUT2D eigenvalue weighted by Crippen LogP contribution is 2.26. The third-order valence-electron chi connectivity index (χ3n) is 2.75. The molecule has 0 spiro atoms. The first-order valence-electron chi connectivity index (χ1n) is 5.15. The Bertz CT molecular complexity index is 560. The molecule has 1 aliphatic heterocycles. The van der Waals surface area contributed by atoms with Crippen molar-refractivity contribution in [2.75, 3.05) is 11.4 Å². The van der Waals surface area contributed by atoms with Gasteiger partial charge in [0, 0.05) is 38.8 Å². The van der Waals surface area contributed by atoms with Crippen LogP contribution in [-0.4, -0.2) is 27.0 Å². The van der Waals surface area contributed by atoms with E-state index in [-0.39, 0.29) is 10.8 Å². The number of nitrogens with zero attached hydrogens (tertiary/aromatic N) is 1. The Kier molecular flexibility index (Phi) is 3.92. The van der Waals surface area contributed by atoms with Gasteiger partial charge in [0.15, 0.2) is 0 Å². The summed E-state index contributed by atoms with van der Waals surface area (Å²) in [5.74, 6) is -0.133. The molecule has 0 N–H and O–H groups in total. The average molecular weight is 308 g/mol. The monoisotopic (exact) mass is 307 g/mol. The molecule has 98 valence electrons. The number of benzene rings is 1. The highest BCUT2D eigenvalue weighted by Gasteiger charge is 2.32. The normalized spacial score (nSPS) is 20.4. The Hall–Kier alpha value is -0.680. The van der Waals surface area contributed by atoms with E-state index < -0.39 is 15.2 Å². The zero-order valence-electron chi connectivity index (χ0n) is 9.24. The van der Waals surface area contributed by atoms with Crippen LogP contribution in [0.15, 0.2) is 29.2 Å². The van der Waals surface area contributed by atoms with Crippen molar-refractivity contribution < 1.29 is 17.7 Å². The molecule has 1 heterocycles. The molecule has 0 bridgehead atoms. The fraction of sp³-hybridized carbons (Fsp3) is 0.300. The summed E-state index contributed by atoms with van der Waals surface area (Å²) in [5.41, 5.74) is 0.633. The lowest BCUT2D eigenvalue weighted by Crippen LogP contribution is -2.29. The van der Waals surface area contributed by atoms with Crippen molar-refractivity contribution >= 4 is 40.8 Å². The maximum Gasteiger partial charge on any atom is 0.261 e. The van der Waals surface area contributed by atoms with Crippen LogP contribution in [0.3, 0.4) is 0 Å². The number of hydrogen-bond donors (Lipinski definition) is 0. The summed E-state index contributed by atoms with van der Waals surface area (Å²) in [6.07, 6.45) is 0.157. The maximum absolute atomic E-state index is 11.9. The largest absolute Gasteiger partial charge is 0.353 e. The lowest BCUT2D eigenvalue weighted by atomic mass is 10.3. The van der Waals surface area contributed by atoms with E-state index in [9.17, 15) is 13.2 Å². The van der Waals surface area contributed by atoms with Gasteiger partial charge >= 0.3 is 0 Å². The SMILES string of the molecule is O=C1C(OP)CCN1c1ccc(S(=O)(=O)Cl)cc1. The number of amides is 1. The van der Waals surface area contributed by atoms with E-state index in [1.54, 1.807) is 17.0 Å². The quantitative estimate of drug-likeness (QED) is 0.627. The second-order valence-corrected chi connectivity index (χ2v) is 6.67. The molecule has 1 saturated heterocycles. The van der Waals surface area contributed by atoms with Crippen LogP contribution in [0, 0.1) is 0 Å². The molecule has 0 aromatic heterocycles. The molecule has 2 atom stereocenters. The fourth-order valence-electron chi connectivity index (χ4n) is 1.83. The van der Waals surface area contributed by atoms with Gasteiger partial charge in [-0.15, -0.1) is 0 Å². The summed E-state index contributed by atoms with van der Waals surface area (Å²) in [5, 5.41) is 0. The highest BCUT2D eigenvalue weighted by atomic mass is 35.7. The predicted molar refractivity (Wildman–Crippen MR) is 71.0 cm³/mol. The van der Waals surface area contributed by atoms with Crippen molar-refractivity contribution in [1.29, 1.82) is 0 Å². The molecule has 18 heavy (non-hydrogen) atoms. The standard InChI is InChI=1S/C10H11ClNO4PS/c11-18(14,15)8-3-1-7(2-4-8)12-6-5-9(16-17)10(12)13/h1-4,9H,5-6,17H2. The Balaban J connectivity index is 2.24. The van der Waals surface area contributed by atoms with Gasteiger partial charge in [-0.3, -0.25) is 4.79 Å². The smallest absolute Gasteiger partial charge is 0.261 e. The summed E-state index contributed by atoms with van der Waals surface area (Å²) in [4.78, 5) is 13.4. The van der Waals surface area contributed by atoms with Gasteiger partial charge < -0.3 is 9.42 Å². The van der Waals surface area contributed by atoms with E-state index in [2.05, 4.69) is 9.47 Å². The van der Waals surface area contributed by atoms with Gasteiger partial charge in [-0.05, 0) is 24.3 Å². The highest BCUT2D eigenvalue weighted by molar-refractivity contribution is 8.13. The van der Waals surface area contributed by atoms with E-state index in [0.29, 0.717) is 18.7 Å². The van der Waals surface area contributed by atoms with Gasteiger partial charge in [0.05, 0.1) is 4.90 Å². The van der Waals surface area contributed by atoms with Crippen molar-refractivity contribution in [1.82, 2.24) is 0 Å². The Labute approximate surface area is 112 Å². The Morgan fingerprint density at radius 1 is 1.33 bits per heavy atom. The third-order valence-corrected chi connectivity index (χ3v) is 4.45. The molecule has 1 amide bonds. The lowest BCUT2D eigenvalue weighted by molar-refractivity contribution is -0.122. The fourth-order valence-corrected chi connectivity index (χ4v) is 2.85. The molecule has 5 nitrogen and oxygen atoms in total. The minimum Gasteiger partial charge on any atom is -0.353 e. The molecule has 0 aliphatic carbocycles. The van der Waals surface area contributed by atoms with E-state index in [4.69, 9.17) is 15.2 Å². The van der Waals surface area contributed by atoms with Crippen LogP contribution in [0.1, 0.15) is 6.42 Å². The summed E-state index contributed by atoms with van der Waals surface area (Å²) in [7, 11) is 3.56. The predicted octanol–water partition coefficient (Wildman–Crippen LogP) is 1.53. The Morgan fingerprint density at radius 3 is 2.39 bits per heavy atom. The number of rotatable bonds is 3. The first-order valence-corrected chi connectivity index (χ1v) is 7.93. The second kappa shape index (κ2) is 5.13. The topological polar surface area (TPSA) is 63.7 Å². The lowest BCUT2D eigenvalue weighted by Gasteiger charge is -2.16. The van der Waals surface area contributed by atoms with Crippen molar-refractivity contribution in [3.8, 4) is 0 Å². The first-order chi connectivity index (χ1) is 8.43. The molecule has 1 aromatic rings. The number of anilines is 1. The van der Waals surface area contributed by atoms with Gasteiger partial charge in [0.2, 0.25) is 0 Å². The van der Waals surface area contributed by atoms with E-state index in [0.717, 1.165) is 0 Å². The van der Waals surface area contributed by atoms with Crippen LogP contribution >= 0.6 is 20.1 Å². The van der Waals surface area contributed by atoms with Gasteiger partial charge in [0.25, 0.3) is 15.0 Å². The zero-order valence-corrected chi connectivity index (χ0v) is 12.0. The summed E-state index contributed by atoms with van der Waals surface area (Å²) >= 11 is 0. The third kappa shape index (κ3) is 2.67. The van der Waals surface area contributed by atoms with Crippen molar-refractivity contribution in [2.24, 2.45) is 0 Å². The molecular weight excluding hydrogens is 297 g/mol. The number of carbonyl (C=O) groups is 1. The Morgan fingerprint density at radius 2 is 1.94 bits per heavy atom. The number of halogens is 1. The van der Waals surface area contributed by atoms with Crippen molar-refractivity contribution in [3.63, 3.8) is 0 Å². The van der Waals surface area contributed by atoms with Crippen LogP contribution in [0.5, 0.6) is 0 Å². The van der Waals surface area contributed by atoms with Crippen LogP contribution in [0.2, 0.25) is 0 Å². The average Bonchev–Trinajstić information content (AvgIpc) is 2.69. The van der Waals surface area contributed by atoms with E-state index in [1.807, 2.05) is 0 Å². The van der Waals surface area contributed by atoms with Crippen molar-refractivity contribution in [2.45, 2.75) is 17.4 Å². The van der Waals surface area contributed by atoms with E-state index >= 15 is 0 Å². The van der Waals surface area contributed by atoms with Gasteiger partial charge in [-0.2, -0.15) is 0 Å². The molecule has 1 aromatic carbocycles. The summed E-state index contributed by atoms with van der Waals surface area (Å²) in [6, 6.07) is 5.86. The molecule has 8 heteroatoms. The minimum absolute atomic E-state index is 0.0124. The maximum atomic E-state index is 11.9. The molecule has 0 saturated carbocycles. The van der Waals surface area contributed by atoms with Crippen LogP contribution < -0.4 is 4.90 Å². The van der Waals surface area contributed by atoms with Crippen LogP contribution in [-0.2, 0) is 18.4 Å². The van der Waals surface area contributed by atoms with Crippen LogP contribution in [0.4, 0.5) is 5.69 Å². The van der Waals surface area contributed by atoms with Crippen LogP contribution in [0.25, 0.3) is 0 Å². The molecule has 2 unspecified atom stereocenters. The molecule has 1 aliphatic rings.